The van der Waals surface area contributed by atoms with E-state index in [0.29, 0.717) is 11.6 Å². The van der Waals surface area contributed by atoms with Gasteiger partial charge in [0.05, 0.1) is 29.5 Å². The van der Waals surface area contributed by atoms with Gasteiger partial charge in [-0.15, -0.1) is 0 Å². The molecule has 1 aliphatic heterocycles. The lowest BCUT2D eigenvalue weighted by molar-refractivity contribution is 0.151. The van der Waals surface area contributed by atoms with Gasteiger partial charge in [-0.25, -0.2) is 4.79 Å². The summed E-state index contributed by atoms with van der Waals surface area (Å²) in [6, 6.07) is 3.60. The molecule has 1 aliphatic rings. The van der Waals surface area contributed by atoms with Crippen molar-refractivity contribution in [3.8, 4) is 0 Å². The van der Waals surface area contributed by atoms with Gasteiger partial charge in [-0.3, -0.25) is 10.1 Å². The van der Waals surface area contributed by atoms with Crippen LogP contribution in [-0.2, 0) is 6.54 Å². The second-order valence-corrected chi connectivity index (χ2v) is 5.80. The van der Waals surface area contributed by atoms with Crippen molar-refractivity contribution in [3.05, 3.63) is 47.0 Å². The van der Waals surface area contributed by atoms with E-state index in [-0.39, 0.29) is 12.1 Å². The van der Waals surface area contributed by atoms with Gasteiger partial charge < -0.3 is 10.2 Å². The maximum atomic E-state index is 12.5. The van der Waals surface area contributed by atoms with Crippen molar-refractivity contribution in [2.45, 2.75) is 31.8 Å². The number of carbonyl (C=O) groups is 1. The summed E-state index contributed by atoms with van der Waals surface area (Å²) >= 11 is 5.81. The lowest BCUT2D eigenvalue weighted by Crippen LogP contribution is -2.44. The molecule has 7 heteroatoms. The third-order valence-electron chi connectivity index (χ3n) is 3.88. The number of piperidine rings is 1. The maximum absolute atomic E-state index is 12.5. The number of nitrogens with one attached hydrogen (secondary N) is 2. The number of likely N-dealkylation sites (tertiary alicyclic amines) is 1. The summed E-state index contributed by atoms with van der Waals surface area (Å²) in [5.41, 5.74) is 1.84. The van der Waals surface area contributed by atoms with Gasteiger partial charge in [0.1, 0.15) is 0 Å². The second kappa shape index (κ2) is 6.79. The SMILES string of the molecule is O=C(NCc1ccc(Cl)cn1)N1CCCC[C@@H]1c1cn[nH]c1. The zero-order valence-corrected chi connectivity index (χ0v) is 12.9. The highest BCUT2D eigenvalue weighted by molar-refractivity contribution is 6.30. The number of hydrogen-bond donors (Lipinski definition) is 2. The molecular formula is C15H18ClN5O. The van der Waals surface area contributed by atoms with Crippen LogP contribution in [0.3, 0.4) is 0 Å². The van der Waals surface area contributed by atoms with E-state index >= 15 is 0 Å². The van der Waals surface area contributed by atoms with Crippen LogP contribution in [0.1, 0.15) is 36.6 Å². The first kappa shape index (κ1) is 14.8. The normalized spacial score (nSPS) is 18.2. The Kier molecular flexibility index (Phi) is 4.58. The molecule has 0 saturated carbocycles. The predicted molar refractivity (Wildman–Crippen MR) is 83.4 cm³/mol. The van der Waals surface area contributed by atoms with Crippen LogP contribution in [0.4, 0.5) is 4.79 Å². The first-order chi connectivity index (χ1) is 10.7. The number of aromatic nitrogens is 3. The second-order valence-electron chi connectivity index (χ2n) is 5.36. The molecule has 3 heterocycles. The molecule has 3 rings (SSSR count). The maximum Gasteiger partial charge on any atom is 0.318 e. The van der Waals surface area contributed by atoms with E-state index in [1.54, 1.807) is 18.5 Å². The van der Waals surface area contributed by atoms with Gasteiger partial charge in [-0.2, -0.15) is 5.10 Å². The van der Waals surface area contributed by atoms with E-state index < -0.39 is 0 Å². The van der Waals surface area contributed by atoms with Crippen LogP contribution in [0.25, 0.3) is 0 Å². The minimum atomic E-state index is -0.0670. The van der Waals surface area contributed by atoms with E-state index in [9.17, 15) is 4.79 Å². The number of H-pyrrole nitrogens is 1. The minimum absolute atomic E-state index is 0.0670. The monoisotopic (exact) mass is 319 g/mol. The third kappa shape index (κ3) is 3.39. The number of pyridine rings is 1. The first-order valence-corrected chi connectivity index (χ1v) is 7.75. The van der Waals surface area contributed by atoms with Crippen LogP contribution >= 0.6 is 11.6 Å². The van der Waals surface area contributed by atoms with Crippen molar-refractivity contribution in [2.24, 2.45) is 0 Å². The van der Waals surface area contributed by atoms with Crippen molar-refractivity contribution in [2.75, 3.05) is 6.54 Å². The number of rotatable bonds is 3. The average molecular weight is 320 g/mol. The summed E-state index contributed by atoms with van der Waals surface area (Å²) in [6.07, 6.45) is 8.34. The first-order valence-electron chi connectivity index (χ1n) is 7.37. The van der Waals surface area contributed by atoms with Crippen molar-refractivity contribution < 1.29 is 4.79 Å². The quantitative estimate of drug-likeness (QED) is 0.913. The summed E-state index contributed by atoms with van der Waals surface area (Å²) in [5.74, 6) is 0. The molecule has 1 atom stereocenters. The molecule has 2 amide bonds. The van der Waals surface area contributed by atoms with E-state index in [1.807, 2.05) is 17.2 Å². The fourth-order valence-corrected chi connectivity index (χ4v) is 2.85. The Morgan fingerprint density at radius 3 is 3.05 bits per heavy atom. The Morgan fingerprint density at radius 1 is 1.41 bits per heavy atom. The van der Waals surface area contributed by atoms with Gasteiger partial charge >= 0.3 is 6.03 Å². The highest BCUT2D eigenvalue weighted by atomic mass is 35.5. The molecule has 0 bridgehead atoms. The van der Waals surface area contributed by atoms with Crippen molar-refractivity contribution in [1.29, 1.82) is 0 Å². The van der Waals surface area contributed by atoms with Gasteiger partial charge in [-0.1, -0.05) is 11.6 Å². The summed E-state index contributed by atoms with van der Waals surface area (Å²) < 4.78 is 0. The van der Waals surface area contributed by atoms with E-state index in [0.717, 1.165) is 37.1 Å². The van der Waals surface area contributed by atoms with Crippen LogP contribution < -0.4 is 5.32 Å². The van der Waals surface area contributed by atoms with Crippen LogP contribution in [0.2, 0.25) is 5.02 Å². The molecule has 0 spiro atoms. The van der Waals surface area contributed by atoms with Gasteiger partial charge in [0.25, 0.3) is 0 Å². The number of carbonyl (C=O) groups excluding carboxylic acids is 1. The Bertz CT molecular complexity index is 613. The molecule has 0 aromatic carbocycles. The van der Waals surface area contributed by atoms with Crippen LogP contribution in [0, 0.1) is 0 Å². The highest BCUT2D eigenvalue weighted by Gasteiger charge is 2.28. The summed E-state index contributed by atoms with van der Waals surface area (Å²) in [5, 5.41) is 10.3. The third-order valence-corrected chi connectivity index (χ3v) is 4.10. The van der Waals surface area contributed by atoms with Gasteiger partial charge in [0.15, 0.2) is 0 Å². The number of nitrogens with zero attached hydrogens (tertiary/aromatic N) is 3. The molecule has 1 saturated heterocycles. The Hall–Kier alpha value is -2.08. The topological polar surface area (TPSA) is 73.9 Å². The Balaban J connectivity index is 1.63. The van der Waals surface area contributed by atoms with Crippen molar-refractivity contribution >= 4 is 17.6 Å². The van der Waals surface area contributed by atoms with Crippen LogP contribution in [0.5, 0.6) is 0 Å². The minimum Gasteiger partial charge on any atom is -0.332 e. The number of hydrogen-bond acceptors (Lipinski definition) is 3. The van der Waals surface area contributed by atoms with Gasteiger partial charge in [-0.05, 0) is 31.4 Å². The molecule has 0 unspecified atom stereocenters. The molecule has 2 aromatic rings. The molecule has 116 valence electrons. The van der Waals surface area contributed by atoms with Crippen molar-refractivity contribution in [1.82, 2.24) is 25.4 Å². The average Bonchev–Trinajstić information content (AvgIpc) is 3.08. The summed E-state index contributed by atoms with van der Waals surface area (Å²) in [6.45, 7) is 1.15. The smallest absolute Gasteiger partial charge is 0.318 e. The standard InChI is InChI=1S/C15H18ClN5O/c16-12-4-5-13(17-9-12)10-18-15(22)21-6-2-1-3-14(21)11-7-19-20-8-11/h4-5,7-9,14H,1-3,6,10H2,(H,18,22)(H,19,20)/t14-/m1/s1. The number of urea groups is 1. The zero-order chi connectivity index (χ0) is 15.4. The van der Waals surface area contributed by atoms with Gasteiger partial charge in [0.2, 0.25) is 0 Å². The lowest BCUT2D eigenvalue weighted by atomic mass is 9.98. The Labute approximate surface area is 133 Å². The molecule has 22 heavy (non-hydrogen) atoms. The molecule has 1 fully saturated rings. The predicted octanol–water partition coefficient (Wildman–Crippen LogP) is 2.89. The van der Waals surface area contributed by atoms with Gasteiger partial charge in [0, 0.05) is 24.5 Å². The van der Waals surface area contributed by atoms with E-state index in [2.05, 4.69) is 20.5 Å². The molecule has 0 aliphatic carbocycles. The van der Waals surface area contributed by atoms with E-state index in [4.69, 9.17) is 11.6 Å². The fraction of sp³-hybridized carbons (Fsp3) is 0.400. The fourth-order valence-electron chi connectivity index (χ4n) is 2.74. The summed E-state index contributed by atoms with van der Waals surface area (Å²) in [7, 11) is 0. The molecule has 6 nitrogen and oxygen atoms in total. The zero-order valence-electron chi connectivity index (χ0n) is 12.1. The largest absolute Gasteiger partial charge is 0.332 e. The lowest BCUT2D eigenvalue weighted by Gasteiger charge is -2.35. The summed E-state index contributed by atoms with van der Waals surface area (Å²) in [4.78, 5) is 18.5. The van der Waals surface area contributed by atoms with E-state index in [1.165, 1.54) is 0 Å². The molecule has 2 aromatic heterocycles. The highest BCUT2D eigenvalue weighted by Crippen LogP contribution is 2.30. The van der Waals surface area contributed by atoms with Crippen LogP contribution in [-0.4, -0.2) is 32.7 Å². The van der Waals surface area contributed by atoms with Crippen molar-refractivity contribution in [3.63, 3.8) is 0 Å². The number of aromatic amines is 1. The molecule has 0 radical (unpaired) electrons. The molecular weight excluding hydrogens is 302 g/mol. The molecule has 2 N–H and O–H groups in total. The number of halogens is 1. The Morgan fingerprint density at radius 2 is 2.32 bits per heavy atom. The van der Waals surface area contributed by atoms with Crippen LogP contribution in [0.15, 0.2) is 30.7 Å². The number of amides is 2.